The lowest BCUT2D eigenvalue weighted by atomic mass is 10.1. The van der Waals surface area contributed by atoms with Gasteiger partial charge in [-0.1, -0.05) is 0 Å². The predicted octanol–water partition coefficient (Wildman–Crippen LogP) is 1.08. The molecule has 1 rings (SSSR count). The lowest BCUT2D eigenvalue weighted by molar-refractivity contribution is 0.0682. The number of carbonyl (C=O) groups is 2. The van der Waals surface area contributed by atoms with Crippen molar-refractivity contribution in [2.24, 2.45) is 0 Å². The summed E-state index contributed by atoms with van der Waals surface area (Å²) in [5.74, 6) is -9.98. The van der Waals surface area contributed by atoms with Gasteiger partial charge < -0.3 is 15.9 Å². The zero-order chi connectivity index (χ0) is 12.6. The van der Waals surface area contributed by atoms with Crippen molar-refractivity contribution in [2.75, 3.05) is 5.73 Å². The summed E-state index contributed by atoms with van der Waals surface area (Å²) in [4.78, 5) is 20.9. The van der Waals surface area contributed by atoms with E-state index in [1.54, 1.807) is 0 Å². The van der Waals surface area contributed by atoms with Crippen LogP contribution in [-0.4, -0.2) is 22.2 Å². The Kier molecular flexibility index (Phi) is 2.75. The van der Waals surface area contributed by atoms with E-state index in [0.717, 1.165) is 0 Å². The molecule has 0 heterocycles. The van der Waals surface area contributed by atoms with Crippen molar-refractivity contribution in [1.29, 1.82) is 0 Å². The van der Waals surface area contributed by atoms with Crippen LogP contribution in [0.15, 0.2) is 0 Å². The van der Waals surface area contributed by atoms with E-state index in [1.165, 1.54) is 0 Å². The fourth-order valence-electron chi connectivity index (χ4n) is 1.07. The lowest BCUT2D eigenvalue weighted by Crippen LogP contribution is -2.16. The molecule has 1 aromatic carbocycles. The molecule has 16 heavy (non-hydrogen) atoms. The molecule has 0 unspecified atom stereocenters. The molecule has 0 bridgehead atoms. The Hall–Kier alpha value is -2.25. The molecule has 8 heteroatoms. The van der Waals surface area contributed by atoms with E-state index in [0.29, 0.717) is 0 Å². The number of nitrogens with two attached hydrogens (primary N) is 1. The van der Waals surface area contributed by atoms with Gasteiger partial charge in [0.15, 0.2) is 17.5 Å². The van der Waals surface area contributed by atoms with Crippen molar-refractivity contribution in [1.82, 2.24) is 0 Å². The molecule has 1 aromatic rings. The van der Waals surface area contributed by atoms with E-state index in [1.807, 2.05) is 0 Å². The minimum atomic E-state index is -2.13. The van der Waals surface area contributed by atoms with Crippen LogP contribution < -0.4 is 5.73 Å². The van der Waals surface area contributed by atoms with Gasteiger partial charge in [0.1, 0.15) is 11.1 Å². The third-order valence-electron chi connectivity index (χ3n) is 1.78. The Bertz CT molecular complexity index is 460. The molecule has 0 atom stereocenters. The third-order valence-corrected chi connectivity index (χ3v) is 1.78. The molecule has 86 valence electrons. The molecule has 4 N–H and O–H groups in total. The standard InChI is InChI=1S/C8H4F3NO4/c9-3-1(7(13)14)4(10)5(11)6(12)2(3)8(15)16/h12H2,(H,13,14)(H,15,16). The number of hydrogen-bond acceptors (Lipinski definition) is 3. The maximum Gasteiger partial charge on any atom is 0.341 e. The number of benzene rings is 1. The molecule has 0 aliphatic carbocycles. The van der Waals surface area contributed by atoms with Crippen LogP contribution >= 0.6 is 0 Å². The number of halogens is 3. The molecule has 0 amide bonds. The van der Waals surface area contributed by atoms with Crippen molar-refractivity contribution < 1.29 is 33.0 Å². The number of carboxylic acid groups (broad SMARTS) is 2. The zero-order valence-electron chi connectivity index (χ0n) is 7.42. The number of aromatic carboxylic acids is 2. The minimum absolute atomic E-state index is 1.28. The summed E-state index contributed by atoms with van der Waals surface area (Å²) in [5.41, 5.74) is 0.444. The van der Waals surface area contributed by atoms with Gasteiger partial charge in [-0.3, -0.25) is 0 Å². The maximum atomic E-state index is 13.2. The Morgan fingerprint density at radius 3 is 1.69 bits per heavy atom. The Morgan fingerprint density at radius 2 is 1.31 bits per heavy atom. The van der Waals surface area contributed by atoms with Gasteiger partial charge in [0.25, 0.3) is 0 Å². The summed E-state index contributed by atoms with van der Waals surface area (Å²) in [5, 5.41) is 16.9. The average molecular weight is 235 g/mol. The quantitative estimate of drug-likeness (QED) is 0.526. The Balaban J connectivity index is 3.80. The van der Waals surface area contributed by atoms with Crippen LogP contribution in [0, 0.1) is 17.5 Å². The van der Waals surface area contributed by atoms with Gasteiger partial charge in [-0.25, -0.2) is 22.8 Å². The normalized spacial score (nSPS) is 10.2. The van der Waals surface area contributed by atoms with Gasteiger partial charge >= 0.3 is 11.9 Å². The summed E-state index contributed by atoms with van der Waals surface area (Å²) in [6.45, 7) is 0. The van der Waals surface area contributed by atoms with E-state index < -0.39 is 46.2 Å². The van der Waals surface area contributed by atoms with Crippen LogP contribution in [0.5, 0.6) is 0 Å². The van der Waals surface area contributed by atoms with Crippen molar-refractivity contribution >= 4 is 17.6 Å². The van der Waals surface area contributed by atoms with Crippen molar-refractivity contribution in [3.8, 4) is 0 Å². The van der Waals surface area contributed by atoms with Gasteiger partial charge in [-0.05, 0) is 0 Å². The largest absolute Gasteiger partial charge is 0.478 e. The second-order valence-electron chi connectivity index (χ2n) is 2.72. The summed E-state index contributed by atoms with van der Waals surface area (Å²) in [6, 6.07) is 0. The monoisotopic (exact) mass is 235 g/mol. The molecule has 0 saturated carbocycles. The van der Waals surface area contributed by atoms with Crippen LogP contribution in [0.2, 0.25) is 0 Å². The SMILES string of the molecule is Nc1c(F)c(F)c(C(=O)O)c(F)c1C(=O)O. The van der Waals surface area contributed by atoms with Crippen LogP contribution in [0.25, 0.3) is 0 Å². The summed E-state index contributed by atoms with van der Waals surface area (Å²) < 4.78 is 39.1. The molecule has 0 aliphatic rings. The molecule has 0 spiro atoms. The van der Waals surface area contributed by atoms with Crippen LogP contribution in [0.3, 0.4) is 0 Å². The maximum absolute atomic E-state index is 13.2. The summed E-state index contributed by atoms with van der Waals surface area (Å²) in [6.07, 6.45) is 0. The first-order valence-electron chi connectivity index (χ1n) is 3.71. The highest BCUT2D eigenvalue weighted by Crippen LogP contribution is 2.27. The van der Waals surface area contributed by atoms with E-state index >= 15 is 0 Å². The van der Waals surface area contributed by atoms with Crippen LogP contribution in [0.1, 0.15) is 20.7 Å². The number of hydrogen-bond donors (Lipinski definition) is 3. The molecule has 0 fully saturated rings. The lowest BCUT2D eigenvalue weighted by Gasteiger charge is -2.08. The molecular weight excluding hydrogens is 231 g/mol. The highest BCUT2D eigenvalue weighted by Gasteiger charge is 2.30. The second-order valence-corrected chi connectivity index (χ2v) is 2.72. The smallest absolute Gasteiger partial charge is 0.341 e. The number of rotatable bonds is 2. The summed E-state index contributed by atoms with van der Waals surface area (Å²) >= 11 is 0. The van der Waals surface area contributed by atoms with E-state index in [9.17, 15) is 22.8 Å². The van der Waals surface area contributed by atoms with Crippen molar-refractivity contribution in [2.45, 2.75) is 0 Å². The topological polar surface area (TPSA) is 101 Å². The molecule has 0 radical (unpaired) electrons. The molecule has 5 nitrogen and oxygen atoms in total. The third kappa shape index (κ3) is 1.53. The Morgan fingerprint density at radius 1 is 0.875 bits per heavy atom. The number of carboxylic acids is 2. The highest BCUT2D eigenvalue weighted by atomic mass is 19.2. The van der Waals surface area contributed by atoms with Gasteiger partial charge in [0, 0.05) is 0 Å². The molecular formula is C8H4F3NO4. The fourth-order valence-corrected chi connectivity index (χ4v) is 1.07. The molecule has 0 aromatic heterocycles. The van der Waals surface area contributed by atoms with Crippen LogP contribution in [0.4, 0.5) is 18.9 Å². The van der Waals surface area contributed by atoms with E-state index in [-0.39, 0.29) is 0 Å². The predicted molar refractivity (Wildman–Crippen MR) is 44.6 cm³/mol. The van der Waals surface area contributed by atoms with Crippen molar-refractivity contribution in [3.63, 3.8) is 0 Å². The first-order valence-corrected chi connectivity index (χ1v) is 3.71. The minimum Gasteiger partial charge on any atom is -0.478 e. The van der Waals surface area contributed by atoms with E-state index in [2.05, 4.69) is 0 Å². The zero-order valence-corrected chi connectivity index (χ0v) is 7.42. The number of anilines is 1. The van der Waals surface area contributed by atoms with Crippen molar-refractivity contribution in [3.05, 3.63) is 28.6 Å². The van der Waals surface area contributed by atoms with Gasteiger partial charge in [-0.15, -0.1) is 0 Å². The fraction of sp³-hybridized carbons (Fsp3) is 0. The second kappa shape index (κ2) is 3.72. The average Bonchev–Trinajstić information content (AvgIpc) is 2.13. The van der Waals surface area contributed by atoms with Gasteiger partial charge in [0.2, 0.25) is 0 Å². The van der Waals surface area contributed by atoms with Gasteiger partial charge in [-0.2, -0.15) is 0 Å². The Labute approximate surface area is 85.9 Å². The van der Waals surface area contributed by atoms with Gasteiger partial charge in [0.05, 0.1) is 5.69 Å². The first kappa shape index (κ1) is 11.8. The highest BCUT2D eigenvalue weighted by molar-refractivity contribution is 5.98. The van der Waals surface area contributed by atoms with Crippen LogP contribution in [-0.2, 0) is 0 Å². The molecule has 0 saturated heterocycles. The molecule has 0 aliphatic heterocycles. The van der Waals surface area contributed by atoms with E-state index in [4.69, 9.17) is 15.9 Å². The first-order chi connectivity index (χ1) is 7.29. The summed E-state index contributed by atoms with van der Waals surface area (Å²) in [7, 11) is 0. The number of nitrogen functional groups attached to an aromatic ring is 1.